The minimum absolute atomic E-state index is 0.0783. The van der Waals surface area contributed by atoms with Gasteiger partial charge in [-0.25, -0.2) is 0 Å². The summed E-state index contributed by atoms with van der Waals surface area (Å²) in [6, 6.07) is 10.4. The maximum atomic E-state index is 10.8. The summed E-state index contributed by atoms with van der Waals surface area (Å²) < 4.78 is 5.86. The highest BCUT2D eigenvalue weighted by atomic mass is 16.6. The molecule has 1 aromatic heterocycles. The molecule has 0 N–H and O–H groups in total. The van der Waals surface area contributed by atoms with Crippen LogP contribution >= 0.6 is 0 Å². The number of nitro benzene ring substituents is 1. The van der Waals surface area contributed by atoms with Gasteiger partial charge in [-0.15, -0.1) is 0 Å². The molecule has 0 bridgehead atoms. The molecule has 0 aliphatic carbocycles. The number of likely N-dealkylation sites (N-methyl/N-ethyl adjacent to an activating group) is 1. The van der Waals surface area contributed by atoms with Crippen LogP contribution in [0, 0.1) is 10.1 Å². The van der Waals surface area contributed by atoms with Crippen LogP contribution in [-0.4, -0.2) is 47.9 Å². The second-order valence-electron chi connectivity index (χ2n) is 5.65. The van der Waals surface area contributed by atoms with Crippen molar-refractivity contribution in [2.75, 3.05) is 33.2 Å². The topological polar surface area (TPSA) is 62.8 Å². The van der Waals surface area contributed by atoms with E-state index in [4.69, 9.17) is 4.42 Å². The van der Waals surface area contributed by atoms with Gasteiger partial charge in [0.15, 0.2) is 0 Å². The highest BCUT2D eigenvalue weighted by Crippen LogP contribution is 2.26. The van der Waals surface area contributed by atoms with Crippen LogP contribution in [0.2, 0.25) is 0 Å². The van der Waals surface area contributed by atoms with Gasteiger partial charge in [0.1, 0.15) is 11.5 Å². The SMILES string of the molecule is CN1CCN(Cc2ccc(-c3cccc([N+](=O)[O-])c3)o2)CC1. The third-order valence-electron chi connectivity index (χ3n) is 3.98. The van der Waals surface area contributed by atoms with Gasteiger partial charge < -0.3 is 9.32 Å². The first kappa shape index (κ1) is 14.7. The summed E-state index contributed by atoms with van der Waals surface area (Å²) in [5, 5.41) is 10.8. The highest BCUT2D eigenvalue weighted by Gasteiger charge is 2.16. The molecule has 2 aromatic rings. The van der Waals surface area contributed by atoms with E-state index in [0.29, 0.717) is 5.76 Å². The van der Waals surface area contributed by atoms with Gasteiger partial charge in [0.05, 0.1) is 11.5 Å². The molecule has 2 heterocycles. The predicted molar refractivity (Wildman–Crippen MR) is 83.6 cm³/mol. The summed E-state index contributed by atoms with van der Waals surface area (Å²) in [5.41, 5.74) is 0.813. The van der Waals surface area contributed by atoms with E-state index in [2.05, 4.69) is 16.8 Å². The molecular formula is C16H19N3O3. The van der Waals surface area contributed by atoms with Gasteiger partial charge in [-0.2, -0.15) is 0 Å². The molecule has 0 atom stereocenters. The molecule has 116 valence electrons. The van der Waals surface area contributed by atoms with Crippen LogP contribution in [0.3, 0.4) is 0 Å². The Hall–Kier alpha value is -2.18. The summed E-state index contributed by atoms with van der Waals surface area (Å²) in [5.74, 6) is 1.57. The average molecular weight is 301 g/mol. The van der Waals surface area contributed by atoms with Gasteiger partial charge in [-0.3, -0.25) is 15.0 Å². The molecule has 0 saturated carbocycles. The van der Waals surface area contributed by atoms with Crippen molar-refractivity contribution in [3.05, 3.63) is 52.3 Å². The summed E-state index contributed by atoms with van der Waals surface area (Å²) >= 11 is 0. The summed E-state index contributed by atoms with van der Waals surface area (Å²) in [6.07, 6.45) is 0. The number of hydrogen-bond donors (Lipinski definition) is 0. The molecule has 6 heteroatoms. The van der Waals surface area contributed by atoms with Gasteiger partial charge in [0.25, 0.3) is 5.69 Å². The third kappa shape index (κ3) is 3.35. The Bertz CT molecular complexity index is 660. The molecular weight excluding hydrogens is 282 g/mol. The first-order chi connectivity index (χ1) is 10.6. The lowest BCUT2D eigenvalue weighted by Crippen LogP contribution is -2.43. The molecule has 22 heavy (non-hydrogen) atoms. The van der Waals surface area contributed by atoms with E-state index in [0.717, 1.165) is 44.0 Å². The Morgan fingerprint density at radius 3 is 2.68 bits per heavy atom. The lowest BCUT2D eigenvalue weighted by molar-refractivity contribution is -0.384. The van der Waals surface area contributed by atoms with E-state index in [-0.39, 0.29) is 5.69 Å². The van der Waals surface area contributed by atoms with Gasteiger partial charge in [-0.05, 0) is 19.2 Å². The van der Waals surface area contributed by atoms with Crippen molar-refractivity contribution in [2.45, 2.75) is 6.54 Å². The third-order valence-corrected chi connectivity index (χ3v) is 3.98. The quantitative estimate of drug-likeness (QED) is 0.641. The fourth-order valence-electron chi connectivity index (χ4n) is 2.62. The largest absolute Gasteiger partial charge is 0.460 e. The molecule has 6 nitrogen and oxygen atoms in total. The number of nitrogens with zero attached hydrogens (tertiary/aromatic N) is 3. The predicted octanol–water partition coefficient (Wildman–Crippen LogP) is 2.60. The molecule has 3 rings (SSSR count). The maximum absolute atomic E-state index is 10.8. The maximum Gasteiger partial charge on any atom is 0.270 e. The zero-order chi connectivity index (χ0) is 15.5. The van der Waals surface area contributed by atoms with E-state index >= 15 is 0 Å². The van der Waals surface area contributed by atoms with Crippen molar-refractivity contribution >= 4 is 5.69 Å². The first-order valence-corrected chi connectivity index (χ1v) is 7.36. The monoisotopic (exact) mass is 301 g/mol. The zero-order valence-corrected chi connectivity index (χ0v) is 12.6. The molecule has 1 fully saturated rings. The number of furan rings is 1. The second kappa shape index (κ2) is 6.29. The summed E-state index contributed by atoms with van der Waals surface area (Å²) in [4.78, 5) is 15.1. The van der Waals surface area contributed by atoms with E-state index in [1.54, 1.807) is 12.1 Å². The average Bonchev–Trinajstić information content (AvgIpc) is 2.98. The highest BCUT2D eigenvalue weighted by molar-refractivity contribution is 5.61. The van der Waals surface area contributed by atoms with Crippen LogP contribution in [0.1, 0.15) is 5.76 Å². The molecule has 1 aliphatic heterocycles. The molecule has 0 spiro atoms. The van der Waals surface area contributed by atoms with Crippen molar-refractivity contribution in [2.24, 2.45) is 0 Å². The van der Waals surface area contributed by atoms with Crippen LogP contribution in [0.4, 0.5) is 5.69 Å². The van der Waals surface area contributed by atoms with Crippen LogP contribution in [0.5, 0.6) is 0 Å². The van der Waals surface area contributed by atoms with E-state index < -0.39 is 4.92 Å². The van der Waals surface area contributed by atoms with Crippen LogP contribution < -0.4 is 0 Å². The van der Waals surface area contributed by atoms with Crippen molar-refractivity contribution < 1.29 is 9.34 Å². The van der Waals surface area contributed by atoms with Crippen molar-refractivity contribution in [1.29, 1.82) is 0 Å². The van der Waals surface area contributed by atoms with E-state index in [1.807, 2.05) is 18.2 Å². The minimum atomic E-state index is -0.391. The zero-order valence-electron chi connectivity index (χ0n) is 12.6. The fourth-order valence-corrected chi connectivity index (χ4v) is 2.62. The number of benzene rings is 1. The Labute approximate surface area is 129 Å². The smallest absolute Gasteiger partial charge is 0.270 e. The van der Waals surface area contributed by atoms with Crippen LogP contribution in [0.15, 0.2) is 40.8 Å². The van der Waals surface area contributed by atoms with Crippen molar-refractivity contribution in [3.8, 4) is 11.3 Å². The number of hydrogen-bond acceptors (Lipinski definition) is 5. The summed E-state index contributed by atoms with van der Waals surface area (Å²) in [6.45, 7) is 4.98. The van der Waals surface area contributed by atoms with E-state index in [9.17, 15) is 10.1 Å². The van der Waals surface area contributed by atoms with Gasteiger partial charge in [0.2, 0.25) is 0 Å². The van der Waals surface area contributed by atoms with Gasteiger partial charge >= 0.3 is 0 Å². The van der Waals surface area contributed by atoms with Crippen LogP contribution in [0.25, 0.3) is 11.3 Å². The lowest BCUT2D eigenvalue weighted by atomic mass is 10.1. The molecule has 0 unspecified atom stereocenters. The van der Waals surface area contributed by atoms with E-state index in [1.165, 1.54) is 6.07 Å². The molecule has 0 radical (unpaired) electrons. The molecule has 1 saturated heterocycles. The number of rotatable bonds is 4. The fraction of sp³-hybridized carbons (Fsp3) is 0.375. The van der Waals surface area contributed by atoms with Crippen LogP contribution in [-0.2, 0) is 6.54 Å². The molecule has 1 aliphatic rings. The molecule has 0 amide bonds. The lowest BCUT2D eigenvalue weighted by Gasteiger charge is -2.31. The number of non-ortho nitro benzene ring substituents is 1. The summed E-state index contributed by atoms with van der Waals surface area (Å²) in [7, 11) is 2.13. The second-order valence-corrected chi connectivity index (χ2v) is 5.65. The Morgan fingerprint density at radius 1 is 1.18 bits per heavy atom. The Balaban J connectivity index is 1.71. The Morgan fingerprint density at radius 2 is 1.95 bits per heavy atom. The molecule has 1 aromatic carbocycles. The number of nitro groups is 1. The Kier molecular flexibility index (Phi) is 4.22. The van der Waals surface area contributed by atoms with Gasteiger partial charge in [-0.1, -0.05) is 12.1 Å². The minimum Gasteiger partial charge on any atom is -0.460 e. The van der Waals surface area contributed by atoms with Crippen molar-refractivity contribution in [1.82, 2.24) is 9.80 Å². The van der Waals surface area contributed by atoms with Gasteiger partial charge in [0, 0.05) is 43.9 Å². The normalized spacial score (nSPS) is 16.8. The standard InChI is InChI=1S/C16H19N3O3/c1-17-7-9-18(10-8-17)12-15-5-6-16(22-15)13-3-2-4-14(11-13)19(20)21/h2-6,11H,7-10,12H2,1H3. The number of piperazine rings is 1. The first-order valence-electron chi connectivity index (χ1n) is 7.36. The van der Waals surface area contributed by atoms with Crippen molar-refractivity contribution in [3.63, 3.8) is 0 Å².